The van der Waals surface area contributed by atoms with Gasteiger partial charge in [-0.3, -0.25) is 0 Å². The summed E-state index contributed by atoms with van der Waals surface area (Å²) in [6, 6.07) is 59.4. The Hall–Kier alpha value is -6.12. The molecule has 0 radical (unpaired) electrons. The molecule has 0 saturated heterocycles. The number of rotatable bonds is 4. The highest BCUT2D eigenvalue weighted by Gasteiger charge is 2.36. The van der Waals surface area contributed by atoms with Crippen molar-refractivity contribution in [1.29, 1.82) is 0 Å². The third kappa shape index (κ3) is 4.20. The maximum absolute atomic E-state index is 6.90. The van der Waals surface area contributed by atoms with Gasteiger partial charge in [0, 0.05) is 27.7 Å². The Morgan fingerprint density at radius 1 is 0.469 bits per heavy atom. The molecule has 10 rings (SSSR count). The van der Waals surface area contributed by atoms with E-state index >= 15 is 0 Å². The van der Waals surface area contributed by atoms with Crippen molar-refractivity contribution in [3.05, 3.63) is 175 Å². The predicted octanol–water partition coefficient (Wildman–Crippen LogP) is 13.3. The van der Waals surface area contributed by atoms with Crippen LogP contribution in [0.4, 0.5) is 17.1 Å². The molecule has 232 valence electrons. The van der Waals surface area contributed by atoms with Crippen molar-refractivity contribution in [3.8, 4) is 22.3 Å². The summed E-state index contributed by atoms with van der Waals surface area (Å²) in [5, 5.41) is 7.02. The van der Waals surface area contributed by atoms with Gasteiger partial charge in [0.05, 0.1) is 11.1 Å². The van der Waals surface area contributed by atoms with Crippen molar-refractivity contribution in [2.75, 3.05) is 4.90 Å². The smallest absolute Gasteiger partial charge is 0.145 e. The number of hydrogen-bond acceptors (Lipinski definition) is 2. The highest BCUT2D eigenvalue weighted by molar-refractivity contribution is 6.19. The van der Waals surface area contributed by atoms with Crippen LogP contribution in [0.25, 0.3) is 65.7 Å². The molecule has 0 aliphatic heterocycles. The third-order valence-corrected chi connectivity index (χ3v) is 10.6. The van der Waals surface area contributed by atoms with Gasteiger partial charge in [0.1, 0.15) is 11.2 Å². The van der Waals surface area contributed by atoms with Crippen LogP contribution in [-0.2, 0) is 5.41 Å². The van der Waals surface area contributed by atoms with E-state index in [1.165, 1.54) is 43.8 Å². The second kappa shape index (κ2) is 10.4. The zero-order valence-electron chi connectivity index (χ0n) is 27.4. The maximum atomic E-state index is 6.90. The fourth-order valence-electron chi connectivity index (χ4n) is 8.15. The van der Waals surface area contributed by atoms with E-state index in [9.17, 15) is 0 Å². The van der Waals surface area contributed by atoms with Crippen LogP contribution in [-0.4, -0.2) is 0 Å². The molecular formula is C47H33NO. The Labute approximate surface area is 285 Å². The molecule has 49 heavy (non-hydrogen) atoms. The minimum Gasteiger partial charge on any atom is -0.455 e. The lowest BCUT2D eigenvalue weighted by atomic mass is 9.82. The Morgan fingerprint density at radius 2 is 1.08 bits per heavy atom. The first-order chi connectivity index (χ1) is 24.0. The predicted molar refractivity (Wildman–Crippen MR) is 206 cm³/mol. The summed E-state index contributed by atoms with van der Waals surface area (Å²) in [7, 11) is 0. The molecule has 1 aliphatic carbocycles. The van der Waals surface area contributed by atoms with Gasteiger partial charge in [-0.1, -0.05) is 129 Å². The highest BCUT2D eigenvalue weighted by Crippen LogP contribution is 2.52. The standard InChI is InChI=1S/C47H33NO/c1-47(2)41-19-11-10-18-38(41)39-23-22-36(29-42(39)47)48(35-21-20-30-12-6-7-15-32(30)26-35)43-25-24-37(31-13-4-3-5-14-31)46-45(43)40-27-33-16-8-9-17-34(33)28-44(40)49-46/h3-29H,1-2H3. The van der Waals surface area contributed by atoms with Crippen LogP contribution in [0.2, 0.25) is 0 Å². The lowest BCUT2D eigenvalue weighted by Gasteiger charge is -2.29. The van der Waals surface area contributed by atoms with Gasteiger partial charge in [-0.15, -0.1) is 0 Å². The summed E-state index contributed by atoms with van der Waals surface area (Å²) >= 11 is 0. The minimum atomic E-state index is -0.120. The Morgan fingerprint density at radius 3 is 1.90 bits per heavy atom. The van der Waals surface area contributed by atoms with Gasteiger partial charge in [0.2, 0.25) is 0 Å². The van der Waals surface area contributed by atoms with Crippen LogP contribution in [0.1, 0.15) is 25.0 Å². The average molecular weight is 628 g/mol. The third-order valence-electron chi connectivity index (χ3n) is 10.6. The summed E-state index contributed by atoms with van der Waals surface area (Å²) in [6.07, 6.45) is 0. The number of fused-ring (bicyclic) bond motifs is 8. The summed E-state index contributed by atoms with van der Waals surface area (Å²) in [5.41, 5.74) is 12.6. The Balaban J connectivity index is 1.30. The Kier molecular flexibility index (Phi) is 5.95. The molecule has 1 heterocycles. The molecule has 0 N–H and O–H groups in total. The van der Waals surface area contributed by atoms with E-state index in [2.05, 4.69) is 183 Å². The molecular weight excluding hydrogens is 595 g/mol. The molecule has 0 spiro atoms. The van der Waals surface area contributed by atoms with Gasteiger partial charge in [-0.25, -0.2) is 0 Å². The number of benzene rings is 8. The topological polar surface area (TPSA) is 16.4 Å². The van der Waals surface area contributed by atoms with Crippen LogP contribution >= 0.6 is 0 Å². The molecule has 0 amide bonds. The molecule has 0 fully saturated rings. The zero-order chi connectivity index (χ0) is 32.7. The quantitative estimate of drug-likeness (QED) is 0.193. The average Bonchev–Trinajstić information content (AvgIpc) is 3.63. The molecule has 2 heteroatoms. The summed E-state index contributed by atoms with van der Waals surface area (Å²) in [4.78, 5) is 2.44. The van der Waals surface area contributed by atoms with Gasteiger partial charge in [0.15, 0.2) is 0 Å². The molecule has 0 atom stereocenters. The van der Waals surface area contributed by atoms with Crippen molar-refractivity contribution in [2.24, 2.45) is 0 Å². The van der Waals surface area contributed by atoms with E-state index in [1.807, 2.05) is 0 Å². The number of hydrogen-bond donors (Lipinski definition) is 0. The van der Waals surface area contributed by atoms with E-state index in [-0.39, 0.29) is 5.41 Å². The van der Waals surface area contributed by atoms with Crippen molar-refractivity contribution in [3.63, 3.8) is 0 Å². The second-order valence-corrected chi connectivity index (χ2v) is 13.8. The largest absolute Gasteiger partial charge is 0.455 e. The van der Waals surface area contributed by atoms with E-state index < -0.39 is 0 Å². The van der Waals surface area contributed by atoms with Gasteiger partial charge in [-0.05, 0) is 97.9 Å². The first-order valence-corrected chi connectivity index (χ1v) is 17.0. The number of furan rings is 1. The summed E-state index contributed by atoms with van der Waals surface area (Å²) < 4.78 is 6.90. The van der Waals surface area contributed by atoms with Gasteiger partial charge in [-0.2, -0.15) is 0 Å². The summed E-state index contributed by atoms with van der Waals surface area (Å²) in [6.45, 7) is 4.70. The van der Waals surface area contributed by atoms with Gasteiger partial charge < -0.3 is 9.32 Å². The van der Waals surface area contributed by atoms with Gasteiger partial charge in [0.25, 0.3) is 0 Å². The molecule has 0 bridgehead atoms. The van der Waals surface area contributed by atoms with Crippen LogP contribution in [0.3, 0.4) is 0 Å². The van der Waals surface area contributed by atoms with Crippen molar-refractivity contribution >= 4 is 60.5 Å². The molecule has 2 nitrogen and oxygen atoms in total. The monoisotopic (exact) mass is 627 g/mol. The Bertz CT molecular complexity index is 2750. The molecule has 9 aromatic rings. The van der Waals surface area contributed by atoms with Gasteiger partial charge >= 0.3 is 0 Å². The van der Waals surface area contributed by atoms with E-state index in [0.29, 0.717) is 0 Å². The molecule has 0 unspecified atom stereocenters. The van der Waals surface area contributed by atoms with Crippen LogP contribution in [0.15, 0.2) is 168 Å². The van der Waals surface area contributed by atoms with Crippen molar-refractivity contribution in [1.82, 2.24) is 0 Å². The first kappa shape index (κ1) is 27.9. The molecule has 1 aromatic heterocycles. The zero-order valence-corrected chi connectivity index (χ0v) is 27.4. The second-order valence-electron chi connectivity index (χ2n) is 13.8. The van der Waals surface area contributed by atoms with E-state index in [4.69, 9.17) is 4.42 Å². The number of anilines is 3. The van der Waals surface area contributed by atoms with E-state index in [1.54, 1.807) is 0 Å². The molecule has 8 aromatic carbocycles. The van der Waals surface area contributed by atoms with Crippen LogP contribution < -0.4 is 4.90 Å². The SMILES string of the molecule is CC1(C)c2ccccc2-c2ccc(N(c3ccc4ccccc4c3)c3ccc(-c4ccccc4)c4oc5cc6ccccc6cc5c34)cc21. The number of nitrogens with zero attached hydrogens (tertiary/aromatic N) is 1. The lowest BCUT2D eigenvalue weighted by Crippen LogP contribution is -2.16. The highest BCUT2D eigenvalue weighted by atomic mass is 16.3. The fourth-order valence-corrected chi connectivity index (χ4v) is 8.15. The summed E-state index contributed by atoms with van der Waals surface area (Å²) in [5.74, 6) is 0. The fraction of sp³-hybridized carbons (Fsp3) is 0.0638. The first-order valence-electron chi connectivity index (χ1n) is 17.0. The molecule has 0 saturated carbocycles. The van der Waals surface area contributed by atoms with Crippen molar-refractivity contribution in [2.45, 2.75) is 19.3 Å². The molecule has 1 aliphatic rings. The lowest BCUT2D eigenvalue weighted by molar-refractivity contribution is 0.660. The normalized spacial score (nSPS) is 13.3. The van der Waals surface area contributed by atoms with Crippen LogP contribution in [0.5, 0.6) is 0 Å². The minimum absolute atomic E-state index is 0.120. The van der Waals surface area contributed by atoms with E-state index in [0.717, 1.165) is 50.1 Å². The van der Waals surface area contributed by atoms with Crippen molar-refractivity contribution < 1.29 is 4.42 Å². The maximum Gasteiger partial charge on any atom is 0.145 e. The van der Waals surface area contributed by atoms with Crippen LogP contribution in [0, 0.1) is 0 Å².